The van der Waals surface area contributed by atoms with Crippen LogP contribution in [0, 0.1) is 6.92 Å². The maximum atomic E-state index is 5.04. The molecule has 25 heavy (non-hydrogen) atoms. The Morgan fingerprint density at radius 1 is 1.04 bits per heavy atom. The molecule has 0 unspecified atom stereocenters. The Balaban J connectivity index is 1.41. The zero-order valence-electron chi connectivity index (χ0n) is 14.2. The third-order valence-corrected chi connectivity index (χ3v) is 4.35. The molecule has 1 saturated heterocycles. The summed E-state index contributed by atoms with van der Waals surface area (Å²) < 4.78 is 5.04. The monoisotopic (exact) mass is 336 g/mol. The largest absolute Gasteiger partial charge is 0.354 e. The van der Waals surface area contributed by atoms with E-state index in [1.165, 1.54) is 0 Å². The van der Waals surface area contributed by atoms with E-state index in [-0.39, 0.29) is 0 Å². The first-order valence-corrected chi connectivity index (χ1v) is 8.42. The van der Waals surface area contributed by atoms with Crippen LogP contribution in [0.5, 0.6) is 0 Å². The lowest BCUT2D eigenvalue weighted by molar-refractivity contribution is 0.239. The topological polar surface area (TPSA) is 71.2 Å². The van der Waals surface area contributed by atoms with Gasteiger partial charge in [0.25, 0.3) is 0 Å². The van der Waals surface area contributed by atoms with Gasteiger partial charge in [0, 0.05) is 44.7 Å². The zero-order chi connectivity index (χ0) is 17.1. The van der Waals surface area contributed by atoms with Gasteiger partial charge in [-0.3, -0.25) is 4.90 Å². The summed E-state index contributed by atoms with van der Waals surface area (Å²) in [5.41, 5.74) is 2.06. The molecule has 0 aliphatic carbocycles. The molecule has 0 atom stereocenters. The quantitative estimate of drug-likeness (QED) is 0.723. The van der Waals surface area contributed by atoms with E-state index in [0.717, 1.165) is 55.6 Å². The van der Waals surface area contributed by atoms with Gasteiger partial charge in [0.05, 0.1) is 12.2 Å². The lowest BCUT2D eigenvalue weighted by Gasteiger charge is -2.34. The normalized spacial score (nSPS) is 15.5. The Labute approximate surface area is 146 Å². The van der Waals surface area contributed by atoms with Crippen molar-refractivity contribution in [2.75, 3.05) is 31.1 Å². The highest BCUT2D eigenvalue weighted by molar-refractivity contribution is 5.62. The molecular formula is C18H20N6O. The molecule has 0 amide bonds. The van der Waals surface area contributed by atoms with E-state index >= 15 is 0 Å². The molecule has 1 aromatic carbocycles. The Kier molecular flexibility index (Phi) is 4.39. The smallest absolute Gasteiger partial charge is 0.223 e. The van der Waals surface area contributed by atoms with E-state index in [4.69, 9.17) is 4.52 Å². The molecule has 3 heterocycles. The Morgan fingerprint density at radius 3 is 2.56 bits per heavy atom. The van der Waals surface area contributed by atoms with Gasteiger partial charge in [-0.05, 0) is 0 Å². The van der Waals surface area contributed by atoms with Crippen molar-refractivity contribution in [2.45, 2.75) is 13.5 Å². The van der Waals surface area contributed by atoms with Crippen LogP contribution >= 0.6 is 0 Å². The minimum atomic E-state index is 0.614. The molecule has 0 spiro atoms. The van der Waals surface area contributed by atoms with Gasteiger partial charge in [0.2, 0.25) is 5.89 Å². The predicted octanol–water partition coefficient (Wildman–Crippen LogP) is 2.16. The fraction of sp³-hybridized carbons (Fsp3) is 0.333. The second-order valence-electron chi connectivity index (χ2n) is 6.12. The van der Waals surface area contributed by atoms with Gasteiger partial charge >= 0.3 is 0 Å². The second-order valence-corrected chi connectivity index (χ2v) is 6.12. The summed E-state index contributed by atoms with van der Waals surface area (Å²) in [5.74, 6) is 2.34. The first-order chi connectivity index (χ1) is 12.3. The molecule has 0 N–H and O–H groups in total. The zero-order valence-corrected chi connectivity index (χ0v) is 14.2. The fourth-order valence-corrected chi connectivity index (χ4v) is 3.03. The maximum Gasteiger partial charge on any atom is 0.223 e. The van der Waals surface area contributed by atoms with Crippen LogP contribution in [0.3, 0.4) is 0 Å². The lowest BCUT2D eigenvalue weighted by Crippen LogP contribution is -2.46. The molecule has 0 saturated carbocycles. The van der Waals surface area contributed by atoms with Crippen LogP contribution in [0.25, 0.3) is 11.3 Å². The number of aryl methyl sites for hydroxylation is 1. The van der Waals surface area contributed by atoms with E-state index in [9.17, 15) is 0 Å². The third kappa shape index (κ3) is 3.66. The predicted molar refractivity (Wildman–Crippen MR) is 94.0 cm³/mol. The average molecular weight is 336 g/mol. The van der Waals surface area contributed by atoms with Crippen LogP contribution < -0.4 is 4.90 Å². The van der Waals surface area contributed by atoms with Gasteiger partial charge in [0.1, 0.15) is 12.1 Å². The van der Waals surface area contributed by atoms with Crippen LogP contribution in [0.1, 0.15) is 11.7 Å². The Bertz CT molecular complexity index is 826. The van der Waals surface area contributed by atoms with Gasteiger partial charge in [-0.1, -0.05) is 35.5 Å². The number of aromatic nitrogens is 4. The Hall–Kier alpha value is -2.80. The van der Waals surface area contributed by atoms with E-state index < -0.39 is 0 Å². The molecular weight excluding hydrogens is 316 g/mol. The highest BCUT2D eigenvalue weighted by Gasteiger charge is 2.20. The average Bonchev–Trinajstić information content (AvgIpc) is 3.08. The van der Waals surface area contributed by atoms with E-state index in [1.807, 2.05) is 25.1 Å². The SMILES string of the molecule is Cc1nc(CN2CCN(c3cc(-c4ccccc4)ncn3)CC2)no1. The Morgan fingerprint density at radius 2 is 1.84 bits per heavy atom. The first-order valence-electron chi connectivity index (χ1n) is 8.42. The molecule has 7 heteroatoms. The van der Waals surface area contributed by atoms with Crippen molar-refractivity contribution in [3.63, 3.8) is 0 Å². The van der Waals surface area contributed by atoms with Crippen LogP contribution in [0.2, 0.25) is 0 Å². The van der Waals surface area contributed by atoms with Crippen molar-refractivity contribution in [2.24, 2.45) is 0 Å². The van der Waals surface area contributed by atoms with Gasteiger partial charge < -0.3 is 9.42 Å². The number of nitrogens with zero attached hydrogens (tertiary/aromatic N) is 6. The van der Waals surface area contributed by atoms with Crippen LogP contribution in [-0.4, -0.2) is 51.2 Å². The van der Waals surface area contributed by atoms with Gasteiger partial charge in [-0.25, -0.2) is 9.97 Å². The fourth-order valence-electron chi connectivity index (χ4n) is 3.03. The van der Waals surface area contributed by atoms with E-state index in [0.29, 0.717) is 5.89 Å². The van der Waals surface area contributed by atoms with Crippen LogP contribution in [0.15, 0.2) is 47.2 Å². The molecule has 0 radical (unpaired) electrons. The lowest BCUT2D eigenvalue weighted by atomic mass is 10.1. The van der Waals surface area contributed by atoms with Crippen molar-refractivity contribution < 1.29 is 4.52 Å². The molecule has 1 fully saturated rings. The summed E-state index contributed by atoms with van der Waals surface area (Å²) in [5, 5.41) is 3.97. The highest BCUT2D eigenvalue weighted by Crippen LogP contribution is 2.21. The number of rotatable bonds is 4. The molecule has 3 aromatic rings. The molecule has 0 bridgehead atoms. The summed E-state index contributed by atoms with van der Waals surface area (Å²) >= 11 is 0. The minimum absolute atomic E-state index is 0.614. The van der Waals surface area contributed by atoms with Gasteiger partial charge in [-0.2, -0.15) is 4.98 Å². The summed E-state index contributed by atoms with van der Waals surface area (Å²) in [4.78, 5) is 17.8. The standard InChI is InChI=1S/C18H20N6O/c1-14-21-17(22-25-14)12-23-7-9-24(10-8-23)18-11-16(19-13-20-18)15-5-3-2-4-6-15/h2-6,11,13H,7-10,12H2,1H3. The first kappa shape index (κ1) is 15.7. The van der Waals surface area contributed by atoms with Crippen molar-refractivity contribution in [1.29, 1.82) is 0 Å². The molecule has 2 aromatic heterocycles. The molecule has 1 aliphatic rings. The molecule has 128 valence electrons. The van der Waals surface area contributed by atoms with Crippen LogP contribution in [0.4, 0.5) is 5.82 Å². The van der Waals surface area contributed by atoms with Crippen molar-refractivity contribution in [1.82, 2.24) is 25.0 Å². The summed E-state index contributed by atoms with van der Waals surface area (Å²) in [7, 11) is 0. The molecule has 4 rings (SSSR count). The van der Waals surface area contributed by atoms with E-state index in [1.54, 1.807) is 6.33 Å². The number of hydrogen-bond acceptors (Lipinski definition) is 7. The third-order valence-electron chi connectivity index (χ3n) is 4.35. The summed E-state index contributed by atoms with van der Waals surface area (Å²) in [6.07, 6.45) is 1.64. The second kappa shape index (κ2) is 6.98. The van der Waals surface area contributed by atoms with Crippen LogP contribution in [-0.2, 0) is 6.54 Å². The van der Waals surface area contributed by atoms with Gasteiger partial charge in [-0.15, -0.1) is 0 Å². The number of hydrogen-bond donors (Lipinski definition) is 0. The van der Waals surface area contributed by atoms with Crippen molar-refractivity contribution >= 4 is 5.82 Å². The molecule has 7 nitrogen and oxygen atoms in total. The highest BCUT2D eigenvalue weighted by atomic mass is 16.5. The number of anilines is 1. The van der Waals surface area contributed by atoms with Crippen molar-refractivity contribution in [3.8, 4) is 11.3 Å². The van der Waals surface area contributed by atoms with Crippen molar-refractivity contribution in [3.05, 3.63) is 54.4 Å². The van der Waals surface area contributed by atoms with Gasteiger partial charge in [0.15, 0.2) is 5.82 Å². The summed E-state index contributed by atoms with van der Waals surface area (Å²) in [6.45, 7) is 6.26. The molecule has 1 aliphatic heterocycles. The summed E-state index contributed by atoms with van der Waals surface area (Å²) in [6, 6.07) is 12.3. The number of piperazine rings is 1. The van der Waals surface area contributed by atoms with E-state index in [2.05, 4.69) is 48.1 Å². The number of benzene rings is 1. The minimum Gasteiger partial charge on any atom is -0.354 e. The maximum absolute atomic E-state index is 5.04.